The summed E-state index contributed by atoms with van der Waals surface area (Å²) in [5, 5.41) is 11.8. The summed E-state index contributed by atoms with van der Waals surface area (Å²) in [6, 6.07) is 2.16. The number of hydrogen-bond donors (Lipinski definition) is 1. The largest absolute Gasteiger partial charge is 0.338 e. The van der Waals surface area contributed by atoms with E-state index >= 15 is 0 Å². The average Bonchev–Trinajstić information content (AvgIpc) is 2.45. The first kappa shape index (κ1) is 19.0. The van der Waals surface area contributed by atoms with Gasteiger partial charge in [0.1, 0.15) is 5.54 Å². The Morgan fingerprint density at radius 2 is 1.50 bits per heavy atom. The van der Waals surface area contributed by atoms with E-state index < -0.39 is 5.54 Å². The summed E-state index contributed by atoms with van der Waals surface area (Å²) in [5.74, 6) is 0.0128. The molecule has 1 atom stereocenters. The van der Waals surface area contributed by atoms with Gasteiger partial charge in [-0.1, -0.05) is 65.2 Å². The molecule has 0 aromatic rings. The molecular formula is C17H32N2O. The molecule has 0 radical (unpaired) electrons. The molecular weight excluding hydrogens is 248 g/mol. The second-order valence-corrected chi connectivity index (χ2v) is 5.92. The lowest BCUT2D eigenvalue weighted by atomic mass is 10.0. The van der Waals surface area contributed by atoms with Gasteiger partial charge in [0, 0.05) is 6.42 Å². The van der Waals surface area contributed by atoms with E-state index in [1.165, 1.54) is 44.9 Å². The van der Waals surface area contributed by atoms with Crippen LogP contribution in [0.25, 0.3) is 0 Å². The summed E-state index contributed by atoms with van der Waals surface area (Å²) in [4.78, 5) is 11.7. The lowest BCUT2D eigenvalue weighted by Crippen LogP contribution is -2.44. The van der Waals surface area contributed by atoms with Crippen LogP contribution in [0.1, 0.15) is 91.4 Å². The van der Waals surface area contributed by atoms with E-state index in [1.54, 1.807) is 6.92 Å². The van der Waals surface area contributed by atoms with Crippen molar-refractivity contribution < 1.29 is 4.79 Å². The predicted octanol–water partition coefficient (Wildman–Crippen LogP) is 4.72. The number of nitrogens with one attached hydrogen (secondary N) is 1. The molecule has 1 N–H and O–H groups in total. The fourth-order valence-corrected chi connectivity index (χ4v) is 2.16. The van der Waals surface area contributed by atoms with Gasteiger partial charge in [-0.15, -0.1) is 0 Å². The summed E-state index contributed by atoms with van der Waals surface area (Å²) >= 11 is 0. The quantitative estimate of drug-likeness (QED) is 0.526. The maximum absolute atomic E-state index is 11.7. The molecule has 0 heterocycles. The molecule has 0 fully saturated rings. The number of unbranched alkanes of at least 4 members (excludes halogenated alkanes) is 8. The van der Waals surface area contributed by atoms with E-state index in [1.807, 2.05) is 6.92 Å². The van der Waals surface area contributed by atoms with E-state index in [0.29, 0.717) is 12.8 Å². The topological polar surface area (TPSA) is 52.9 Å². The van der Waals surface area contributed by atoms with Crippen molar-refractivity contribution in [3.05, 3.63) is 0 Å². The second kappa shape index (κ2) is 11.8. The Hall–Kier alpha value is -1.04. The van der Waals surface area contributed by atoms with Crippen molar-refractivity contribution in [1.82, 2.24) is 5.32 Å². The van der Waals surface area contributed by atoms with Gasteiger partial charge in [-0.3, -0.25) is 4.79 Å². The lowest BCUT2D eigenvalue weighted by Gasteiger charge is -2.21. The maximum Gasteiger partial charge on any atom is 0.221 e. The highest BCUT2D eigenvalue weighted by molar-refractivity contribution is 5.77. The number of carbonyl (C=O) groups is 1. The molecule has 0 bridgehead atoms. The van der Waals surface area contributed by atoms with E-state index in [2.05, 4.69) is 18.3 Å². The number of carbonyl (C=O) groups excluding carboxylic acids is 1. The Labute approximate surface area is 125 Å². The number of nitriles is 1. The van der Waals surface area contributed by atoms with Crippen LogP contribution in [0, 0.1) is 11.3 Å². The standard InChI is InChI=1S/C17H32N2O/c1-4-6-7-8-9-10-11-12-13-14-16(20)19-17(3,5-2)15-18/h4-14H2,1-3H3,(H,19,20). The van der Waals surface area contributed by atoms with E-state index in [0.717, 1.165) is 12.8 Å². The van der Waals surface area contributed by atoms with Gasteiger partial charge < -0.3 is 5.32 Å². The first-order valence-electron chi connectivity index (χ1n) is 8.30. The van der Waals surface area contributed by atoms with Gasteiger partial charge >= 0.3 is 0 Å². The van der Waals surface area contributed by atoms with Crippen LogP contribution in [0.4, 0.5) is 0 Å². The Bertz CT molecular complexity index is 296. The van der Waals surface area contributed by atoms with Crippen molar-refractivity contribution in [2.75, 3.05) is 0 Å². The zero-order valence-electron chi connectivity index (χ0n) is 13.6. The third-order valence-corrected chi connectivity index (χ3v) is 3.88. The van der Waals surface area contributed by atoms with Crippen LogP contribution < -0.4 is 5.32 Å². The highest BCUT2D eigenvalue weighted by Gasteiger charge is 2.22. The molecule has 0 rings (SSSR count). The van der Waals surface area contributed by atoms with Crippen LogP contribution in [0.2, 0.25) is 0 Å². The minimum absolute atomic E-state index is 0.0128. The van der Waals surface area contributed by atoms with Gasteiger partial charge in [0.15, 0.2) is 0 Å². The highest BCUT2D eigenvalue weighted by Crippen LogP contribution is 2.11. The van der Waals surface area contributed by atoms with Crippen LogP contribution >= 0.6 is 0 Å². The number of amides is 1. The first-order chi connectivity index (χ1) is 9.58. The molecule has 1 unspecified atom stereocenters. The number of rotatable bonds is 12. The monoisotopic (exact) mass is 280 g/mol. The van der Waals surface area contributed by atoms with E-state index in [9.17, 15) is 4.79 Å². The Kier molecular flexibility index (Phi) is 11.1. The van der Waals surface area contributed by atoms with Crippen molar-refractivity contribution in [3.63, 3.8) is 0 Å². The van der Waals surface area contributed by atoms with Gasteiger partial charge in [0.05, 0.1) is 6.07 Å². The minimum atomic E-state index is -0.698. The van der Waals surface area contributed by atoms with Crippen molar-refractivity contribution in [1.29, 1.82) is 5.26 Å². The summed E-state index contributed by atoms with van der Waals surface area (Å²) in [6.07, 6.45) is 12.5. The van der Waals surface area contributed by atoms with Crippen LogP contribution in [-0.2, 0) is 4.79 Å². The summed E-state index contributed by atoms with van der Waals surface area (Å²) in [5.41, 5.74) is -0.698. The van der Waals surface area contributed by atoms with Gasteiger partial charge in [-0.2, -0.15) is 5.26 Å². The normalized spacial score (nSPS) is 13.5. The molecule has 0 aliphatic heterocycles. The van der Waals surface area contributed by atoms with Crippen LogP contribution in [0.15, 0.2) is 0 Å². The van der Waals surface area contributed by atoms with Crippen molar-refractivity contribution in [2.45, 2.75) is 96.9 Å². The van der Waals surface area contributed by atoms with Gasteiger partial charge in [-0.05, 0) is 19.8 Å². The Morgan fingerprint density at radius 3 is 1.95 bits per heavy atom. The van der Waals surface area contributed by atoms with E-state index in [4.69, 9.17) is 5.26 Å². The second-order valence-electron chi connectivity index (χ2n) is 5.92. The van der Waals surface area contributed by atoms with Gasteiger partial charge in [0.2, 0.25) is 5.91 Å². The van der Waals surface area contributed by atoms with Crippen LogP contribution in [-0.4, -0.2) is 11.4 Å². The fourth-order valence-electron chi connectivity index (χ4n) is 2.16. The fraction of sp³-hybridized carbons (Fsp3) is 0.882. The van der Waals surface area contributed by atoms with E-state index in [-0.39, 0.29) is 5.91 Å². The zero-order chi connectivity index (χ0) is 15.3. The zero-order valence-corrected chi connectivity index (χ0v) is 13.6. The summed E-state index contributed by atoms with van der Waals surface area (Å²) < 4.78 is 0. The highest BCUT2D eigenvalue weighted by atomic mass is 16.1. The van der Waals surface area contributed by atoms with Crippen molar-refractivity contribution in [3.8, 4) is 6.07 Å². The SMILES string of the molecule is CCCCCCCCCCCC(=O)NC(C)(C#N)CC. The Morgan fingerprint density at radius 1 is 1.00 bits per heavy atom. The first-order valence-corrected chi connectivity index (χ1v) is 8.30. The summed E-state index contributed by atoms with van der Waals surface area (Å²) in [6.45, 7) is 5.93. The molecule has 0 saturated carbocycles. The lowest BCUT2D eigenvalue weighted by molar-refractivity contribution is -0.122. The third kappa shape index (κ3) is 9.83. The van der Waals surface area contributed by atoms with Crippen molar-refractivity contribution >= 4 is 5.91 Å². The summed E-state index contributed by atoms with van der Waals surface area (Å²) in [7, 11) is 0. The molecule has 0 saturated heterocycles. The molecule has 3 heteroatoms. The van der Waals surface area contributed by atoms with Crippen molar-refractivity contribution in [2.24, 2.45) is 0 Å². The maximum atomic E-state index is 11.7. The molecule has 0 aliphatic rings. The Balaban J connectivity index is 3.47. The molecule has 1 amide bonds. The third-order valence-electron chi connectivity index (χ3n) is 3.88. The predicted molar refractivity (Wildman–Crippen MR) is 84.3 cm³/mol. The molecule has 0 aromatic carbocycles. The minimum Gasteiger partial charge on any atom is -0.338 e. The molecule has 3 nitrogen and oxygen atoms in total. The molecule has 116 valence electrons. The number of nitrogens with zero attached hydrogens (tertiary/aromatic N) is 1. The molecule has 0 aromatic heterocycles. The molecule has 0 aliphatic carbocycles. The van der Waals surface area contributed by atoms with Crippen LogP contribution in [0.5, 0.6) is 0 Å². The average molecular weight is 280 g/mol. The van der Waals surface area contributed by atoms with Gasteiger partial charge in [-0.25, -0.2) is 0 Å². The smallest absolute Gasteiger partial charge is 0.221 e. The van der Waals surface area contributed by atoms with Crippen LogP contribution in [0.3, 0.4) is 0 Å². The number of hydrogen-bond acceptors (Lipinski definition) is 2. The molecule has 20 heavy (non-hydrogen) atoms. The van der Waals surface area contributed by atoms with Gasteiger partial charge in [0.25, 0.3) is 0 Å². The molecule has 0 spiro atoms.